The van der Waals surface area contributed by atoms with Crippen molar-refractivity contribution >= 4 is 22.4 Å². The second-order valence-electron chi connectivity index (χ2n) is 5.20. The molecule has 1 aliphatic rings. The van der Waals surface area contributed by atoms with Crippen molar-refractivity contribution in [3.63, 3.8) is 0 Å². The van der Waals surface area contributed by atoms with Gasteiger partial charge in [-0.25, -0.2) is 0 Å². The molecule has 1 saturated heterocycles. The number of carbonyl (C=O) groups is 1. The molecule has 0 bridgehead atoms. The van der Waals surface area contributed by atoms with Crippen molar-refractivity contribution in [3.8, 4) is 6.07 Å². The first-order valence-electron chi connectivity index (χ1n) is 7.22. The molecule has 1 amide bonds. The highest BCUT2D eigenvalue weighted by Crippen LogP contribution is 2.31. The Balaban J connectivity index is 2.17. The molecule has 1 unspecified atom stereocenters. The largest absolute Gasteiger partial charge is 0.357 e. The van der Waals surface area contributed by atoms with Gasteiger partial charge >= 0.3 is 0 Å². The number of amides is 1. The maximum atomic E-state index is 12.1. The molecule has 4 heteroatoms. The van der Waals surface area contributed by atoms with Gasteiger partial charge in [0.05, 0.1) is 11.6 Å². The van der Waals surface area contributed by atoms with Gasteiger partial charge in [-0.05, 0) is 18.6 Å². The summed E-state index contributed by atoms with van der Waals surface area (Å²) in [6.45, 7) is 3.47. The van der Waals surface area contributed by atoms with Gasteiger partial charge < -0.3 is 10.2 Å². The molecule has 106 valence electrons. The van der Waals surface area contributed by atoms with Gasteiger partial charge in [-0.1, -0.05) is 31.2 Å². The number of nitrogens with zero attached hydrogens (tertiary/aromatic N) is 2. The molecule has 1 fully saturated rings. The highest BCUT2D eigenvalue weighted by atomic mass is 16.2. The minimum absolute atomic E-state index is 0.0807. The SMILES string of the molecule is CCC1C(=O)NCCN1c1ccc(C#N)c2ccccc12. The van der Waals surface area contributed by atoms with Crippen LogP contribution in [0.1, 0.15) is 18.9 Å². The van der Waals surface area contributed by atoms with Gasteiger partial charge in [0, 0.05) is 29.5 Å². The quantitative estimate of drug-likeness (QED) is 0.918. The highest BCUT2D eigenvalue weighted by molar-refractivity contribution is 5.99. The molecule has 1 aliphatic heterocycles. The molecule has 4 nitrogen and oxygen atoms in total. The van der Waals surface area contributed by atoms with E-state index in [1.54, 1.807) is 0 Å². The van der Waals surface area contributed by atoms with E-state index in [1.807, 2.05) is 43.3 Å². The molecule has 1 N–H and O–H groups in total. The summed E-state index contributed by atoms with van der Waals surface area (Å²) in [5.41, 5.74) is 1.70. The summed E-state index contributed by atoms with van der Waals surface area (Å²) in [5.74, 6) is 0.0807. The van der Waals surface area contributed by atoms with Gasteiger partial charge in [-0.15, -0.1) is 0 Å². The summed E-state index contributed by atoms with van der Waals surface area (Å²) in [6, 6.07) is 13.8. The van der Waals surface area contributed by atoms with Crippen LogP contribution in [0.2, 0.25) is 0 Å². The number of benzene rings is 2. The van der Waals surface area contributed by atoms with Crippen LogP contribution in [0.4, 0.5) is 5.69 Å². The molecule has 1 atom stereocenters. The Morgan fingerprint density at radius 3 is 2.76 bits per heavy atom. The number of hydrogen-bond acceptors (Lipinski definition) is 3. The Morgan fingerprint density at radius 1 is 1.29 bits per heavy atom. The number of nitrogens with one attached hydrogen (secondary N) is 1. The van der Waals surface area contributed by atoms with Crippen molar-refractivity contribution in [2.45, 2.75) is 19.4 Å². The third-order valence-electron chi connectivity index (χ3n) is 4.05. The smallest absolute Gasteiger partial charge is 0.242 e. The fraction of sp³-hybridized carbons (Fsp3) is 0.294. The van der Waals surface area contributed by atoms with Crippen LogP contribution in [-0.2, 0) is 4.79 Å². The number of fused-ring (bicyclic) bond motifs is 1. The van der Waals surface area contributed by atoms with E-state index in [0.717, 1.165) is 29.4 Å². The molecule has 21 heavy (non-hydrogen) atoms. The molecule has 3 rings (SSSR count). The Hall–Kier alpha value is -2.54. The zero-order valence-corrected chi connectivity index (χ0v) is 12.0. The van der Waals surface area contributed by atoms with Crippen molar-refractivity contribution in [3.05, 3.63) is 42.0 Å². The average molecular weight is 279 g/mol. The first kappa shape index (κ1) is 13.4. The zero-order valence-electron chi connectivity index (χ0n) is 12.0. The Bertz CT molecular complexity index is 732. The summed E-state index contributed by atoms with van der Waals surface area (Å²) in [6.07, 6.45) is 0.764. The molecular weight excluding hydrogens is 262 g/mol. The van der Waals surface area contributed by atoms with E-state index in [9.17, 15) is 10.1 Å². The van der Waals surface area contributed by atoms with Crippen LogP contribution < -0.4 is 10.2 Å². The molecule has 1 heterocycles. The summed E-state index contributed by atoms with van der Waals surface area (Å²) in [5, 5.41) is 14.1. The standard InChI is InChI=1S/C17H17N3O/c1-2-15-17(21)19-9-10-20(15)16-8-7-12(11-18)13-5-3-4-6-14(13)16/h3-8,15H,2,9-10H2,1H3,(H,19,21). The predicted octanol–water partition coefficient (Wildman–Crippen LogP) is 2.43. The van der Waals surface area contributed by atoms with Crippen LogP contribution in [0, 0.1) is 11.3 Å². The van der Waals surface area contributed by atoms with Crippen LogP contribution in [0.3, 0.4) is 0 Å². The fourth-order valence-corrected chi connectivity index (χ4v) is 3.04. The van der Waals surface area contributed by atoms with Crippen LogP contribution in [0.25, 0.3) is 10.8 Å². The molecule has 0 spiro atoms. The number of nitriles is 1. The average Bonchev–Trinajstić information content (AvgIpc) is 2.53. The van der Waals surface area contributed by atoms with E-state index in [1.165, 1.54) is 0 Å². The first-order chi connectivity index (χ1) is 10.3. The lowest BCUT2D eigenvalue weighted by molar-refractivity contribution is -0.123. The van der Waals surface area contributed by atoms with E-state index < -0.39 is 0 Å². The third kappa shape index (κ3) is 2.21. The highest BCUT2D eigenvalue weighted by Gasteiger charge is 2.29. The molecule has 0 radical (unpaired) electrons. The van der Waals surface area contributed by atoms with Crippen molar-refractivity contribution < 1.29 is 4.79 Å². The van der Waals surface area contributed by atoms with Gasteiger partial charge in [-0.3, -0.25) is 4.79 Å². The predicted molar refractivity (Wildman–Crippen MR) is 83.1 cm³/mol. The Labute approximate surface area is 124 Å². The van der Waals surface area contributed by atoms with E-state index in [4.69, 9.17) is 0 Å². The lowest BCUT2D eigenvalue weighted by Crippen LogP contribution is -2.55. The van der Waals surface area contributed by atoms with Crippen molar-refractivity contribution in [1.82, 2.24) is 5.32 Å². The number of rotatable bonds is 2. The fourth-order valence-electron chi connectivity index (χ4n) is 3.04. The Morgan fingerprint density at radius 2 is 2.05 bits per heavy atom. The van der Waals surface area contributed by atoms with Crippen LogP contribution in [0.5, 0.6) is 0 Å². The first-order valence-corrected chi connectivity index (χ1v) is 7.22. The van der Waals surface area contributed by atoms with E-state index in [-0.39, 0.29) is 11.9 Å². The van der Waals surface area contributed by atoms with Crippen LogP contribution >= 0.6 is 0 Å². The minimum atomic E-state index is -0.143. The van der Waals surface area contributed by atoms with E-state index in [2.05, 4.69) is 16.3 Å². The second kappa shape index (κ2) is 5.45. The van der Waals surface area contributed by atoms with E-state index in [0.29, 0.717) is 12.1 Å². The maximum absolute atomic E-state index is 12.1. The number of carbonyl (C=O) groups excluding carboxylic acids is 1. The molecule has 0 saturated carbocycles. The third-order valence-corrected chi connectivity index (χ3v) is 4.05. The van der Waals surface area contributed by atoms with Gasteiger partial charge in [0.15, 0.2) is 0 Å². The normalized spacial score (nSPS) is 18.4. The zero-order chi connectivity index (χ0) is 14.8. The van der Waals surface area contributed by atoms with E-state index >= 15 is 0 Å². The van der Waals surface area contributed by atoms with Crippen molar-refractivity contribution in [2.75, 3.05) is 18.0 Å². The van der Waals surface area contributed by atoms with Crippen LogP contribution in [-0.4, -0.2) is 25.0 Å². The molecule has 0 aromatic heterocycles. The summed E-state index contributed by atoms with van der Waals surface area (Å²) in [7, 11) is 0. The molecule has 2 aromatic rings. The molecular formula is C17H17N3O. The topological polar surface area (TPSA) is 56.1 Å². The monoisotopic (exact) mass is 279 g/mol. The number of anilines is 1. The lowest BCUT2D eigenvalue weighted by atomic mass is 10.0. The maximum Gasteiger partial charge on any atom is 0.242 e. The minimum Gasteiger partial charge on any atom is -0.357 e. The molecule has 0 aliphatic carbocycles. The second-order valence-corrected chi connectivity index (χ2v) is 5.20. The summed E-state index contributed by atoms with van der Waals surface area (Å²) >= 11 is 0. The molecule has 2 aromatic carbocycles. The van der Waals surface area contributed by atoms with Crippen LogP contribution in [0.15, 0.2) is 36.4 Å². The van der Waals surface area contributed by atoms with Gasteiger partial charge in [0.2, 0.25) is 5.91 Å². The summed E-state index contributed by atoms with van der Waals surface area (Å²) in [4.78, 5) is 14.2. The summed E-state index contributed by atoms with van der Waals surface area (Å²) < 4.78 is 0. The van der Waals surface area contributed by atoms with Gasteiger partial charge in [0.1, 0.15) is 6.04 Å². The number of piperazine rings is 1. The van der Waals surface area contributed by atoms with Crippen molar-refractivity contribution in [2.24, 2.45) is 0 Å². The van der Waals surface area contributed by atoms with Gasteiger partial charge in [-0.2, -0.15) is 5.26 Å². The Kier molecular flexibility index (Phi) is 3.49. The number of hydrogen-bond donors (Lipinski definition) is 1. The lowest BCUT2D eigenvalue weighted by Gasteiger charge is -2.37. The van der Waals surface area contributed by atoms with Crippen molar-refractivity contribution in [1.29, 1.82) is 5.26 Å². The van der Waals surface area contributed by atoms with Gasteiger partial charge in [0.25, 0.3) is 0 Å².